The van der Waals surface area contributed by atoms with Crippen molar-refractivity contribution in [3.05, 3.63) is 0 Å². The van der Waals surface area contributed by atoms with E-state index in [9.17, 15) is 0 Å². The van der Waals surface area contributed by atoms with E-state index in [1.54, 1.807) is 0 Å². The maximum Gasteiger partial charge on any atom is -0.0241 e. The van der Waals surface area contributed by atoms with Gasteiger partial charge >= 0.3 is 0 Å². The third kappa shape index (κ3) is 1.16. The van der Waals surface area contributed by atoms with Crippen LogP contribution in [-0.4, -0.2) is 0 Å². The Hall–Kier alpha value is 0. The van der Waals surface area contributed by atoms with Gasteiger partial charge in [-0.15, -0.1) is 0 Å². The van der Waals surface area contributed by atoms with Crippen LogP contribution in [0.4, 0.5) is 0 Å². The zero-order valence-electron chi connectivity index (χ0n) is 12.6. The zero-order valence-corrected chi connectivity index (χ0v) is 12.6. The largest absolute Gasteiger partial charge is 0.0620 e. The summed E-state index contributed by atoms with van der Waals surface area (Å²) < 4.78 is 0. The van der Waals surface area contributed by atoms with Crippen LogP contribution in [0.25, 0.3) is 0 Å². The number of hydrogen-bond donors (Lipinski definition) is 0. The van der Waals surface area contributed by atoms with Gasteiger partial charge in [-0.1, -0.05) is 41.5 Å². The molecule has 0 N–H and O–H groups in total. The average molecular weight is 234 g/mol. The first-order valence-electron chi connectivity index (χ1n) is 7.73. The molecule has 6 atom stereocenters. The van der Waals surface area contributed by atoms with Crippen molar-refractivity contribution in [2.45, 2.75) is 67.2 Å². The molecule has 0 aromatic heterocycles. The lowest BCUT2D eigenvalue weighted by Crippen LogP contribution is -2.64. The summed E-state index contributed by atoms with van der Waals surface area (Å²) in [5.41, 5.74) is 1.82. The third-order valence-corrected chi connectivity index (χ3v) is 8.29. The Morgan fingerprint density at radius 3 is 2.12 bits per heavy atom. The van der Waals surface area contributed by atoms with Crippen LogP contribution in [0.3, 0.4) is 0 Å². The molecule has 4 saturated carbocycles. The van der Waals surface area contributed by atoms with Gasteiger partial charge in [0.25, 0.3) is 0 Å². The van der Waals surface area contributed by atoms with Crippen LogP contribution in [0.1, 0.15) is 67.2 Å². The van der Waals surface area contributed by atoms with E-state index in [2.05, 4.69) is 41.5 Å². The van der Waals surface area contributed by atoms with Crippen molar-refractivity contribution in [1.82, 2.24) is 0 Å². The van der Waals surface area contributed by atoms with Gasteiger partial charge in [-0.2, -0.15) is 0 Å². The summed E-state index contributed by atoms with van der Waals surface area (Å²) in [5.74, 6) is 3.88. The Kier molecular flexibility index (Phi) is 2.21. The first-order valence-corrected chi connectivity index (χ1v) is 7.73. The van der Waals surface area contributed by atoms with E-state index in [1.165, 1.54) is 25.7 Å². The first-order chi connectivity index (χ1) is 7.73. The van der Waals surface area contributed by atoms with Crippen molar-refractivity contribution in [3.8, 4) is 0 Å². The highest BCUT2D eigenvalue weighted by Gasteiger charge is 2.66. The SMILES string of the molecule is CC1CC2CC(C)(C2C)C(C)(C)C2CCC12C. The molecule has 0 aromatic carbocycles. The molecule has 4 rings (SSSR count). The molecule has 0 spiro atoms. The topological polar surface area (TPSA) is 0 Å². The summed E-state index contributed by atoms with van der Waals surface area (Å²) in [4.78, 5) is 0. The van der Waals surface area contributed by atoms with Gasteiger partial charge in [0.2, 0.25) is 0 Å². The van der Waals surface area contributed by atoms with Crippen LogP contribution < -0.4 is 0 Å². The van der Waals surface area contributed by atoms with Gasteiger partial charge in [-0.05, 0) is 65.6 Å². The average Bonchev–Trinajstić information content (AvgIpc) is 2.23. The van der Waals surface area contributed by atoms with E-state index in [4.69, 9.17) is 0 Å². The predicted molar refractivity (Wildman–Crippen MR) is 73.8 cm³/mol. The van der Waals surface area contributed by atoms with E-state index in [0.717, 1.165) is 23.7 Å². The maximum absolute atomic E-state index is 2.59. The fourth-order valence-electron chi connectivity index (χ4n) is 6.04. The van der Waals surface area contributed by atoms with E-state index in [0.29, 0.717) is 16.2 Å². The van der Waals surface area contributed by atoms with Gasteiger partial charge in [0.15, 0.2) is 0 Å². The van der Waals surface area contributed by atoms with Crippen LogP contribution in [0.5, 0.6) is 0 Å². The molecule has 4 fully saturated rings. The minimum atomic E-state index is 0.546. The molecule has 0 saturated heterocycles. The summed E-state index contributed by atoms with van der Waals surface area (Å²) in [6.45, 7) is 15.4. The Balaban J connectivity index is 2.02. The quantitative estimate of drug-likeness (QED) is 0.545. The molecular formula is C17H30. The Labute approximate surface area is 108 Å². The summed E-state index contributed by atoms with van der Waals surface area (Å²) >= 11 is 0. The molecule has 0 amide bonds. The summed E-state index contributed by atoms with van der Waals surface area (Å²) in [7, 11) is 0. The molecule has 0 radical (unpaired) electrons. The third-order valence-electron chi connectivity index (χ3n) is 8.29. The van der Waals surface area contributed by atoms with Gasteiger partial charge in [0.05, 0.1) is 0 Å². The maximum atomic E-state index is 2.59. The molecule has 17 heavy (non-hydrogen) atoms. The molecule has 2 bridgehead atoms. The lowest BCUT2D eigenvalue weighted by Gasteiger charge is -2.71. The fourth-order valence-corrected chi connectivity index (χ4v) is 6.04. The molecule has 0 heterocycles. The van der Waals surface area contributed by atoms with Crippen LogP contribution in [-0.2, 0) is 0 Å². The second kappa shape index (κ2) is 3.11. The van der Waals surface area contributed by atoms with E-state index >= 15 is 0 Å². The Bertz CT molecular complexity index is 340. The Morgan fingerprint density at radius 1 is 1.00 bits per heavy atom. The lowest BCUT2D eigenvalue weighted by atomic mass is 9.33. The molecule has 4 aliphatic rings. The van der Waals surface area contributed by atoms with Crippen molar-refractivity contribution in [2.24, 2.45) is 39.9 Å². The van der Waals surface area contributed by atoms with E-state index < -0.39 is 0 Å². The van der Waals surface area contributed by atoms with Gasteiger partial charge in [0, 0.05) is 0 Å². The van der Waals surface area contributed by atoms with Crippen molar-refractivity contribution < 1.29 is 0 Å². The fraction of sp³-hybridized carbons (Fsp3) is 1.00. The highest BCUT2D eigenvalue weighted by atomic mass is 14.7. The van der Waals surface area contributed by atoms with Crippen LogP contribution in [0, 0.1) is 39.9 Å². The molecule has 0 nitrogen and oxygen atoms in total. The second-order valence-corrected chi connectivity index (χ2v) is 8.63. The van der Waals surface area contributed by atoms with E-state index in [-0.39, 0.29) is 0 Å². The number of rotatable bonds is 0. The van der Waals surface area contributed by atoms with E-state index in [1.807, 2.05) is 0 Å². The van der Waals surface area contributed by atoms with Crippen LogP contribution in [0.15, 0.2) is 0 Å². The monoisotopic (exact) mass is 234 g/mol. The number of fused-ring (bicyclic) bond motifs is 1. The molecule has 0 heteroatoms. The summed E-state index contributed by atoms with van der Waals surface area (Å²) in [6.07, 6.45) is 5.97. The van der Waals surface area contributed by atoms with Gasteiger partial charge in [0.1, 0.15) is 0 Å². The highest BCUT2D eigenvalue weighted by molar-refractivity contribution is 5.14. The molecule has 0 aliphatic heterocycles. The van der Waals surface area contributed by atoms with Crippen molar-refractivity contribution >= 4 is 0 Å². The summed E-state index contributed by atoms with van der Waals surface area (Å²) in [5, 5.41) is 0. The minimum Gasteiger partial charge on any atom is -0.0620 e. The highest BCUT2D eigenvalue weighted by Crippen LogP contribution is 2.73. The van der Waals surface area contributed by atoms with Crippen LogP contribution >= 0.6 is 0 Å². The molecule has 0 aromatic rings. The van der Waals surface area contributed by atoms with Gasteiger partial charge in [-0.3, -0.25) is 0 Å². The van der Waals surface area contributed by atoms with Crippen molar-refractivity contribution in [2.75, 3.05) is 0 Å². The molecular weight excluding hydrogens is 204 g/mol. The standard InChI is InChI=1S/C17H30/c1-11-9-13-10-17(6,12(13)2)15(3,4)14-7-8-16(11,14)5/h11-14H,7-10H2,1-6H3. The molecule has 6 unspecified atom stereocenters. The number of hydrogen-bond acceptors (Lipinski definition) is 0. The molecule has 98 valence electrons. The lowest BCUT2D eigenvalue weighted by molar-refractivity contribution is -0.228. The predicted octanol–water partition coefficient (Wildman–Crippen LogP) is 5.13. The minimum absolute atomic E-state index is 0.546. The second-order valence-electron chi connectivity index (χ2n) is 8.63. The van der Waals surface area contributed by atoms with Crippen LogP contribution in [0.2, 0.25) is 0 Å². The smallest absolute Gasteiger partial charge is 0.0241 e. The molecule has 4 aliphatic carbocycles. The van der Waals surface area contributed by atoms with Gasteiger partial charge < -0.3 is 0 Å². The zero-order chi connectivity index (χ0) is 12.6. The Morgan fingerprint density at radius 2 is 1.65 bits per heavy atom. The summed E-state index contributed by atoms with van der Waals surface area (Å²) in [6, 6.07) is 0. The first kappa shape index (κ1) is 12.1. The normalized spacial score (nSPS) is 60.4. The van der Waals surface area contributed by atoms with Crippen molar-refractivity contribution in [3.63, 3.8) is 0 Å². The van der Waals surface area contributed by atoms with Gasteiger partial charge in [-0.25, -0.2) is 0 Å². The van der Waals surface area contributed by atoms with Crippen molar-refractivity contribution in [1.29, 1.82) is 0 Å².